The van der Waals surface area contributed by atoms with Crippen LogP contribution in [0.25, 0.3) is 11.5 Å². The Bertz CT molecular complexity index is 761. The van der Waals surface area contributed by atoms with Crippen molar-refractivity contribution < 1.29 is 12.9 Å². The third-order valence-electron chi connectivity index (χ3n) is 3.23. The Kier molecular flexibility index (Phi) is 6.55. The summed E-state index contributed by atoms with van der Waals surface area (Å²) in [5.41, 5.74) is 1.99. The lowest BCUT2D eigenvalue weighted by Crippen LogP contribution is -2.24. The predicted octanol–water partition coefficient (Wildman–Crippen LogP) is 1.99. The molecule has 1 unspecified atom stereocenters. The first kappa shape index (κ1) is 19.4. The molecule has 7 nitrogen and oxygen atoms in total. The number of rotatable bonds is 6. The Morgan fingerprint density at radius 3 is 2.65 bits per heavy atom. The molecule has 1 atom stereocenters. The van der Waals surface area contributed by atoms with E-state index < -0.39 is 10.0 Å². The summed E-state index contributed by atoms with van der Waals surface area (Å²) in [4.78, 5) is 4.34. The molecule has 23 heavy (non-hydrogen) atoms. The van der Waals surface area contributed by atoms with Gasteiger partial charge in [-0.25, -0.2) is 8.42 Å². The van der Waals surface area contributed by atoms with Gasteiger partial charge in [0.2, 0.25) is 10.0 Å². The number of aryl methyl sites for hydroxylation is 1. The average molecular weight is 361 g/mol. The summed E-state index contributed by atoms with van der Waals surface area (Å²) >= 11 is 0. The number of likely N-dealkylation sites (N-methyl/N-ethyl adjacent to an activating group) is 1. The van der Waals surface area contributed by atoms with E-state index in [1.54, 1.807) is 6.07 Å². The summed E-state index contributed by atoms with van der Waals surface area (Å²) in [6.07, 6.45) is 1.77. The lowest BCUT2D eigenvalue weighted by atomic mass is 10.1. The van der Waals surface area contributed by atoms with E-state index in [1.807, 2.05) is 33.0 Å². The number of hydrogen-bond donors (Lipinski definition) is 2. The monoisotopic (exact) mass is 360 g/mol. The molecule has 0 spiro atoms. The maximum atomic E-state index is 11.4. The first-order chi connectivity index (χ1) is 10.3. The van der Waals surface area contributed by atoms with Gasteiger partial charge in [-0.3, -0.25) is 4.72 Å². The maximum absolute atomic E-state index is 11.4. The molecule has 0 aliphatic heterocycles. The lowest BCUT2D eigenvalue weighted by Gasteiger charge is -2.08. The van der Waals surface area contributed by atoms with Gasteiger partial charge >= 0.3 is 0 Å². The minimum atomic E-state index is -3.34. The molecular formula is C14H21ClN4O3S. The summed E-state index contributed by atoms with van der Waals surface area (Å²) in [6.45, 7) is 3.85. The van der Waals surface area contributed by atoms with Crippen LogP contribution in [0.2, 0.25) is 0 Å². The number of sulfonamides is 1. The van der Waals surface area contributed by atoms with E-state index in [4.69, 9.17) is 4.52 Å². The highest BCUT2D eigenvalue weighted by molar-refractivity contribution is 7.92. The molecule has 0 aliphatic carbocycles. The fourth-order valence-corrected chi connectivity index (χ4v) is 2.51. The van der Waals surface area contributed by atoms with E-state index >= 15 is 0 Å². The molecule has 9 heteroatoms. The predicted molar refractivity (Wildman–Crippen MR) is 92.4 cm³/mol. The van der Waals surface area contributed by atoms with Crippen LogP contribution in [0.5, 0.6) is 0 Å². The van der Waals surface area contributed by atoms with Crippen molar-refractivity contribution in [1.29, 1.82) is 0 Å². The molecule has 0 radical (unpaired) electrons. The summed E-state index contributed by atoms with van der Waals surface area (Å²) in [5.74, 6) is 0.977. The highest BCUT2D eigenvalue weighted by atomic mass is 35.5. The van der Waals surface area contributed by atoms with Gasteiger partial charge in [-0.1, -0.05) is 11.2 Å². The summed E-state index contributed by atoms with van der Waals surface area (Å²) < 4.78 is 30.5. The summed E-state index contributed by atoms with van der Waals surface area (Å²) in [6, 6.07) is 5.56. The molecule has 2 N–H and O–H groups in total. The zero-order valence-electron chi connectivity index (χ0n) is 13.5. The first-order valence-electron chi connectivity index (χ1n) is 6.87. The highest BCUT2D eigenvalue weighted by Crippen LogP contribution is 2.25. The lowest BCUT2D eigenvalue weighted by molar-refractivity contribution is 0.418. The van der Waals surface area contributed by atoms with E-state index in [-0.39, 0.29) is 18.4 Å². The quantitative estimate of drug-likeness (QED) is 0.817. The van der Waals surface area contributed by atoms with Gasteiger partial charge in [0.15, 0.2) is 5.82 Å². The van der Waals surface area contributed by atoms with Gasteiger partial charge in [0, 0.05) is 18.0 Å². The number of hydrogen-bond acceptors (Lipinski definition) is 6. The molecule has 0 saturated heterocycles. The second kappa shape index (κ2) is 7.76. The van der Waals surface area contributed by atoms with Crippen molar-refractivity contribution in [2.45, 2.75) is 26.3 Å². The van der Waals surface area contributed by atoms with Gasteiger partial charge in [0.1, 0.15) is 0 Å². The second-order valence-corrected chi connectivity index (χ2v) is 7.06. The van der Waals surface area contributed by atoms with Crippen LogP contribution >= 0.6 is 12.4 Å². The van der Waals surface area contributed by atoms with E-state index in [2.05, 4.69) is 20.2 Å². The van der Waals surface area contributed by atoms with Crippen LogP contribution in [-0.2, 0) is 16.4 Å². The van der Waals surface area contributed by atoms with Crippen molar-refractivity contribution >= 4 is 28.1 Å². The summed E-state index contributed by atoms with van der Waals surface area (Å²) in [7, 11) is -1.47. The minimum absolute atomic E-state index is 0. The molecular weight excluding hydrogens is 340 g/mol. The fourth-order valence-electron chi connectivity index (χ4n) is 1.89. The van der Waals surface area contributed by atoms with Gasteiger partial charge in [0.05, 0.1) is 11.9 Å². The second-order valence-electron chi connectivity index (χ2n) is 5.31. The highest BCUT2D eigenvalue weighted by Gasteiger charge is 2.13. The number of anilines is 1. The van der Waals surface area contributed by atoms with E-state index in [0.717, 1.165) is 11.8 Å². The van der Waals surface area contributed by atoms with Crippen LogP contribution in [0.3, 0.4) is 0 Å². The van der Waals surface area contributed by atoms with Gasteiger partial charge in [-0.15, -0.1) is 12.4 Å². The number of nitrogens with one attached hydrogen (secondary N) is 2. The molecule has 0 aliphatic rings. The number of nitrogens with zero attached hydrogens (tertiary/aromatic N) is 2. The topological polar surface area (TPSA) is 97.1 Å². The smallest absolute Gasteiger partial charge is 0.257 e. The number of halogens is 1. The molecule has 0 fully saturated rings. The van der Waals surface area contributed by atoms with Crippen molar-refractivity contribution in [3.63, 3.8) is 0 Å². The van der Waals surface area contributed by atoms with Crippen LogP contribution in [0.1, 0.15) is 18.3 Å². The molecule has 0 amide bonds. The van der Waals surface area contributed by atoms with Crippen molar-refractivity contribution in [1.82, 2.24) is 15.5 Å². The van der Waals surface area contributed by atoms with Crippen LogP contribution in [0.15, 0.2) is 22.7 Å². The average Bonchev–Trinajstić information content (AvgIpc) is 2.88. The Balaban J connectivity index is 0.00000264. The zero-order valence-corrected chi connectivity index (χ0v) is 15.1. The summed E-state index contributed by atoms with van der Waals surface area (Å²) in [5, 5.41) is 7.05. The SMILES string of the molecule is CNC(C)Cc1noc(-c2ccc(C)c(NS(C)(=O)=O)c2)n1.Cl. The van der Waals surface area contributed by atoms with Gasteiger partial charge < -0.3 is 9.84 Å². The fraction of sp³-hybridized carbons (Fsp3) is 0.429. The van der Waals surface area contributed by atoms with Gasteiger partial charge in [-0.05, 0) is 38.6 Å². The van der Waals surface area contributed by atoms with Gasteiger partial charge in [-0.2, -0.15) is 4.98 Å². The standard InChI is InChI=1S/C14H20N4O3S.ClH/c1-9-5-6-11(8-12(9)18-22(4,19)20)14-16-13(17-21-14)7-10(2)15-3;/h5-6,8,10,15,18H,7H2,1-4H3;1H. The molecule has 2 aromatic rings. The van der Waals surface area contributed by atoms with E-state index in [1.165, 1.54) is 0 Å². The van der Waals surface area contributed by atoms with Crippen LogP contribution in [-0.4, -0.2) is 37.9 Å². The van der Waals surface area contributed by atoms with Gasteiger partial charge in [0.25, 0.3) is 5.89 Å². The third-order valence-corrected chi connectivity index (χ3v) is 3.82. The molecule has 0 saturated carbocycles. The van der Waals surface area contributed by atoms with Crippen LogP contribution in [0.4, 0.5) is 5.69 Å². The van der Waals surface area contributed by atoms with Crippen molar-refractivity contribution in [3.05, 3.63) is 29.6 Å². The molecule has 128 valence electrons. The number of aromatic nitrogens is 2. The van der Waals surface area contributed by atoms with E-state index in [0.29, 0.717) is 29.4 Å². The van der Waals surface area contributed by atoms with Crippen LogP contribution in [0, 0.1) is 6.92 Å². The molecule has 1 heterocycles. The largest absolute Gasteiger partial charge is 0.334 e. The molecule has 1 aromatic carbocycles. The maximum Gasteiger partial charge on any atom is 0.257 e. The zero-order chi connectivity index (χ0) is 16.3. The Hall–Kier alpha value is -1.64. The van der Waals surface area contributed by atoms with Crippen molar-refractivity contribution in [3.8, 4) is 11.5 Å². The Morgan fingerprint density at radius 1 is 1.35 bits per heavy atom. The number of benzene rings is 1. The van der Waals surface area contributed by atoms with E-state index in [9.17, 15) is 8.42 Å². The Morgan fingerprint density at radius 2 is 2.04 bits per heavy atom. The van der Waals surface area contributed by atoms with Crippen molar-refractivity contribution in [2.75, 3.05) is 18.0 Å². The molecule has 1 aromatic heterocycles. The van der Waals surface area contributed by atoms with Crippen LogP contribution < -0.4 is 10.0 Å². The minimum Gasteiger partial charge on any atom is -0.334 e. The van der Waals surface area contributed by atoms with Crippen molar-refractivity contribution in [2.24, 2.45) is 0 Å². The normalized spacial score (nSPS) is 12.5. The Labute approximate surface area is 142 Å². The molecule has 2 rings (SSSR count). The molecule has 0 bridgehead atoms. The third kappa shape index (κ3) is 5.49. The first-order valence-corrected chi connectivity index (χ1v) is 8.76.